The van der Waals surface area contributed by atoms with Crippen molar-refractivity contribution in [2.75, 3.05) is 29.2 Å². The van der Waals surface area contributed by atoms with E-state index in [9.17, 15) is 9.59 Å². The molecule has 34 heavy (non-hydrogen) atoms. The van der Waals surface area contributed by atoms with Crippen LogP contribution in [0.5, 0.6) is 5.75 Å². The summed E-state index contributed by atoms with van der Waals surface area (Å²) in [5, 5.41) is 0.736. The van der Waals surface area contributed by atoms with Gasteiger partial charge in [0.2, 0.25) is 5.91 Å². The highest BCUT2D eigenvalue weighted by atomic mass is 35.5. The Morgan fingerprint density at radius 2 is 2.00 bits per heavy atom. The van der Waals surface area contributed by atoms with Gasteiger partial charge >= 0.3 is 0 Å². The number of carbonyl (C=O) groups excluding carboxylic acids is 2. The van der Waals surface area contributed by atoms with Gasteiger partial charge in [-0.15, -0.1) is 0 Å². The van der Waals surface area contributed by atoms with E-state index in [1.807, 2.05) is 37.3 Å². The van der Waals surface area contributed by atoms with Crippen LogP contribution in [0.1, 0.15) is 12.7 Å². The van der Waals surface area contributed by atoms with Crippen LogP contribution in [0.4, 0.5) is 11.4 Å². The summed E-state index contributed by atoms with van der Waals surface area (Å²) in [6.07, 6.45) is 3.09. The monoisotopic (exact) mass is 495 g/mol. The van der Waals surface area contributed by atoms with Gasteiger partial charge in [-0.25, -0.2) is 4.99 Å². The number of hydrogen-bond donors (Lipinski definition) is 0. The molecule has 4 rings (SSSR count). The van der Waals surface area contributed by atoms with Crippen LogP contribution in [0.2, 0.25) is 5.02 Å². The number of amides is 2. The van der Waals surface area contributed by atoms with E-state index in [-0.39, 0.29) is 23.3 Å². The molecule has 0 fully saturated rings. The molecule has 0 saturated carbocycles. The third-order valence-corrected chi connectivity index (χ3v) is 6.27. The molecule has 0 unspecified atom stereocenters. The van der Waals surface area contributed by atoms with Crippen molar-refractivity contribution in [3.63, 3.8) is 0 Å². The number of amidine groups is 1. The Morgan fingerprint density at radius 1 is 1.21 bits per heavy atom. The van der Waals surface area contributed by atoms with E-state index in [4.69, 9.17) is 20.8 Å². The molecule has 0 atom stereocenters. The average molecular weight is 496 g/mol. The number of rotatable bonds is 7. The molecular weight excluding hydrogens is 474 g/mol. The second-order valence-corrected chi connectivity index (χ2v) is 8.51. The first kappa shape index (κ1) is 23.7. The third-order valence-electron chi connectivity index (χ3n) is 5.06. The number of thioether (sulfide) groups is 1. The van der Waals surface area contributed by atoms with Gasteiger partial charge in [-0.05, 0) is 49.4 Å². The predicted molar refractivity (Wildman–Crippen MR) is 137 cm³/mol. The normalized spacial score (nSPS) is 14.4. The quantitative estimate of drug-likeness (QED) is 0.406. The minimum Gasteiger partial charge on any atom is -0.495 e. The van der Waals surface area contributed by atoms with E-state index in [2.05, 4.69) is 4.99 Å². The van der Waals surface area contributed by atoms with Gasteiger partial charge in [-0.3, -0.25) is 14.5 Å². The van der Waals surface area contributed by atoms with Gasteiger partial charge in [0.1, 0.15) is 17.2 Å². The van der Waals surface area contributed by atoms with Crippen molar-refractivity contribution in [2.24, 2.45) is 4.99 Å². The van der Waals surface area contributed by atoms with Gasteiger partial charge in [0.15, 0.2) is 5.17 Å². The fraction of sp³-hybridized carbons (Fsp3) is 0.160. The lowest BCUT2D eigenvalue weighted by molar-refractivity contribution is -0.116. The summed E-state index contributed by atoms with van der Waals surface area (Å²) >= 11 is 7.50. The van der Waals surface area contributed by atoms with Crippen molar-refractivity contribution in [3.8, 4) is 5.75 Å². The average Bonchev–Trinajstić information content (AvgIpc) is 3.47. The maximum atomic E-state index is 13.3. The van der Waals surface area contributed by atoms with Gasteiger partial charge in [0.25, 0.3) is 5.91 Å². The largest absolute Gasteiger partial charge is 0.495 e. The molecule has 3 aromatic rings. The molecule has 9 heteroatoms. The van der Waals surface area contributed by atoms with Gasteiger partial charge in [-0.2, -0.15) is 0 Å². The summed E-state index contributed by atoms with van der Waals surface area (Å²) in [6.45, 7) is 2.44. The molecule has 174 valence electrons. The van der Waals surface area contributed by atoms with Crippen molar-refractivity contribution in [3.05, 3.63) is 83.4 Å². The molecule has 0 aliphatic carbocycles. The minimum atomic E-state index is -0.344. The summed E-state index contributed by atoms with van der Waals surface area (Å²) in [4.78, 5) is 33.9. The zero-order valence-corrected chi connectivity index (χ0v) is 20.2. The van der Waals surface area contributed by atoms with Crippen molar-refractivity contribution in [1.29, 1.82) is 0 Å². The summed E-state index contributed by atoms with van der Waals surface area (Å²) in [5.74, 6) is 0.658. The fourth-order valence-electron chi connectivity index (χ4n) is 3.44. The standard InChI is InChI=1S/C25H22ClN3O4S/c1-3-28(17-8-5-4-6-9-17)23(30)16-34-25-27-21(15-19-10-7-13-33-19)24(31)29(25)18-11-12-22(32-2)20(26)14-18/h4-15H,3,16H2,1-2H3. The predicted octanol–water partition coefficient (Wildman–Crippen LogP) is 5.47. The van der Waals surface area contributed by atoms with Crippen molar-refractivity contribution < 1.29 is 18.7 Å². The number of nitrogens with zero attached hydrogens (tertiary/aromatic N) is 3. The Morgan fingerprint density at radius 3 is 2.65 bits per heavy atom. The molecule has 1 aliphatic rings. The molecule has 0 bridgehead atoms. The molecule has 0 saturated heterocycles. The van der Waals surface area contributed by atoms with Gasteiger partial charge in [-0.1, -0.05) is 41.6 Å². The smallest absolute Gasteiger partial charge is 0.283 e. The van der Waals surface area contributed by atoms with Crippen LogP contribution in [0.15, 0.2) is 82.0 Å². The highest BCUT2D eigenvalue weighted by Gasteiger charge is 2.33. The molecule has 2 heterocycles. The molecule has 1 aliphatic heterocycles. The van der Waals surface area contributed by atoms with Gasteiger partial charge < -0.3 is 14.1 Å². The Kier molecular flexibility index (Phi) is 7.40. The summed E-state index contributed by atoms with van der Waals surface area (Å²) in [5.41, 5.74) is 1.54. The van der Waals surface area contributed by atoms with Crippen LogP contribution in [-0.4, -0.2) is 36.4 Å². The van der Waals surface area contributed by atoms with E-state index in [0.29, 0.717) is 33.9 Å². The van der Waals surface area contributed by atoms with Gasteiger partial charge in [0, 0.05) is 18.3 Å². The maximum absolute atomic E-state index is 13.3. The second kappa shape index (κ2) is 10.6. The Hall–Kier alpha value is -3.49. The molecule has 7 nitrogen and oxygen atoms in total. The Balaban J connectivity index is 1.61. The molecule has 0 radical (unpaired) electrons. The molecule has 2 amide bonds. The molecule has 0 spiro atoms. The summed E-state index contributed by atoms with van der Waals surface area (Å²) in [7, 11) is 1.52. The lowest BCUT2D eigenvalue weighted by atomic mass is 10.2. The summed E-state index contributed by atoms with van der Waals surface area (Å²) in [6, 6.07) is 18.0. The zero-order chi connectivity index (χ0) is 24.1. The number of para-hydroxylation sites is 1. The number of aliphatic imine (C=N–C) groups is 1. The van der Waals surface area contributed by atoms with E-state index in [0.717, 1.165) is 5.69 Å². The van der Waals surface area contributed by atoms with Crippen molar-refractivity contribution in [2.45, 2.75) is 6.92 Å². The van der Waals surface area contributed by atoms with E-state index < -0.39 is 0 Å². The number of hydrogen-bond acceptors (Lipinski definition) is 6. The fourth-order valence-corrected chi connectivity index (χ4v) is 4.58. The van der Waals surface area contributed by atoms with Crippen LogP contribution in [0.25, 0.3) is 6.08 Å². The number of furan rings is 1. The van der Waals surface area contributed by atoms with Crippen LogP contribution in [0, 0.1) is 0 Å². The zero-order valence-electron chi connectivity index (χ0n) is 18.6. The Labute approximate surface area is 206 Å². The first-order valence-electron chi connectivity index (χ1n) is 10.5. The Bertz CT molecular complexity index is 1240. The number of benzene rings is 2. The van der Waals surface area contributed by atoms with Crippen LogP contribution >= 0.6 is 23.4 Å². The third kappa shape index (κ3) is 5.03. The highest BCUT2D eigenvalue weighted by Crippen LogP contribution is 2.34. The van der Waals surface area contributed by atoms with E-state index in [1.165, 1.54) is 30.0 Å². The molecule has 0 N–H and O–H groups in total. The lowest BCUT2D eigenvalue weighted by Crippen LogP contribution is -2.34. The maximum Gasteiger partial charge on any atom is 0.283 e. The van der Waals surface area contributed by atoms with Gasteiger partial charge in [0.05, 0.1) is 29.8 Å². The molecule has 2 aromatic carbocycles. The van der Waals surface area contributed by atoms with E-state index in [1.54, 1.807) is 41.3 Å². The van der Waals surface area contributed by atoms with Crippen LogP contribution < -0.4 is 14.5 Å². The first-order valence-corrected chi connectivity index (χ1v) is 11.9. The number of methoxy groups -OCH3 is 1. The topological polar surface area (TPSA) is 75.4 Å². The number of halogens is 1. The van der Waals surface area contributed by atoms with Crippen molar-refractivity contribution in [1.82, 2.24) is 0 Å². The van der Waals surface area contributed by atoms with Crippen molar-refractivity contribution >= 4 is 57.8 Å². The summed E-state index contributed by atoms with van der Waals surface area (Å²) < 4.78 is 10.6. The number of anilines is 2. The molecule has 1 aromatic heterocycles. The highest BCUT2D eigenvalue weighted by molar-refractivity contribution is 8.14. The second-order valence-electron chi connectivity index (χ2n) is 7.16. The first-order chi connectivity index (χ1) is 16.5. The number of carbonyl (C=O) groups is 2. The lowest BCUT2D eigenvalue weighted by Gasteiger charge is -2.22. The van der Waals surface area contributed by atoms with Crippen LogP contribution in [0.3, 0.4) is 0 Å². The molecular formula is C25H22ClN3O4S. The number of ether oxygens (including phenoxy) is 1. The van der Waals surface area contributed by atoms with E-state index >= 15 is 0 Å². The van der Waals surface area contributed by atoms with Crippen LogP contribution in [-0.2, 0) is 9.59 Å². The minimum absolute atomic E-state index is 0.0926. The SMILES string of the molecule is CCN(C(=O)CSC1=NC(=Cc2ccco2)C(=O)N1c1ccc(OC)c(Cl)c1)c1ccccc1.